The maximum Gasteiger partial charge on any atom is 0.270 e. The van der Waals surface area contributed by atoms with Gasteiger partial charge in [0.25, 0.3) is 5.91 Å². The van der Waals surface area contributed by atoms with Crippen LogP contribution in [0, 0.1) is 0 Å². The molecule has 0 bridgehead atoms. The molecule has 1 aromatic carbocycles. The van der Waals surface area contributed by atoms with Crippen LogP contribution < -0.4 is 10.2 Å². The van der Waals surface area contributed by atoms with Gasteiger partial charge in [0.2, 0.25) is 5.95 Å². The summed E-state index contributed by atoms with van der Waals surface area (Å²) in [6.07, 6.45) is 6.93. The number of aromatic nitrogens is 2. The third-order valence-corrected chi connectivity index (χ3v) is 4.99. The molecule has 3 rings (SSSR count). The quantitative estimate of drug-likeness (QED) is 0.802. The summed E-state index contributed by atoms with van der Waals surface area (Å²) in [4.78, 5) is 25.7. The van der Waals surface area contributed by atoms with Gasteiger partial charge in [-0.15, -0.1) is 0 Å². The monoisotopic (exact) mass is 379 g/mol. The average molecular weight is 380 g/mol. The second kappa shape index (κ2) is 9.99. The Morgan fingerprint density at radius 2 is 1.93 bits per heavy atom. The first-order valence-electron chi connectivity index (χ1n) is 9.98. The van der Waals surface area contributed by atoms with E-state index in [9.17, 15) is 4.79 Å². The standard InChI is InChI=1S/C22H29N5O/c1-3-18(2)24-21(28)20-11-12-23-22(25-20)27-16-14-26(15-17-27)13-7-10-19-8-5-4-6-9-19/h4-12,18H,3,13-17H2,1-2H3,(H,24,28)/b10-7+. The van der Waals surface area contributed by atoms with Crippen molar-refractivity contribution < 1.29 is 4.79 Å². The number of nitrogens with zero attached hydrogens (tertiary/aromatic N) is 4. The number of hydrogen-bond donors (Lipinski definition) is 1. The van der Waals surface area contributed by atoms with E-state index >= 15 is 0 Å². The van der Waals surface area contributed by atoms with Crippen molar-refractivity contribution in [1.29, 1.82) is 0 Å². The highest BCUT2D eigenvalue weighted by molar-refractivity contribution is 5.92. The first-order chi connectivity index (χ1) is 13.7. The highest BCUT2D eigenvalue weighted by Gasteiger charge is 2.19. The lowest BCUT2D eigenvalue weighted by Gasteiger charge is -2.34. The molecule has 1 N–H and O–H groups in total. The van der Waals surface area contributed by atoms with Gasteiger partial charge in [0.1, 0.15) is 5.69 Å². The van der Waals surface area contributed by atoms with Crippen molar-refractivity contribution >= 4 is 17.9 Å². The van der Waals surface area contributed by atoms with Crippen LogP contribution >= 0.6 is 0 Å². The SMILES string of the molecule is CCC(C)NC(=O)c1ccnc(N2CCN(C/C=C/c3ccccc3)CC2)n1. The zero-order chi connectivity index (χ0) is 19.8. The zero-order valence-corrected chi connectivity index (χ0v) is 16.7. The van der Waals surface area contributed by atoms with Gasteiger partial charge in [0.15, 0.2) is 0 Å². The number of carbonyl (C=O) groups is 1. The van der Waals surface area contributed by atoms with Crippen LogP contribution in [-0.2, 0) is 0 Å². The Kier molecular flexibility index (Phi) is 7.14. The zero-order valence-electron chi connectivity index (χ0n) is 16.7. The molecular formula is C22H29N5O. The summed E-state index contributed by atoms with van der Waals surface area (Å²) in [5.41, 5.74) is 1.65. The predicted octanol–water partition coefficient (Wildman–Crippen LogP) is 2.84. The summed E-state index contributed by atoms with van der Waals surface area (Å²) in [7, 11) is 0. The second-order valence-corrected chi connectivity index (χ2v) is 7.13. The van der Waals surface area contributed by atoms with Crippen LogP contribution in [0.4, 0.5) is 5.95 Å². The van der Waals surface area contributed by atoms with Crippen LogP contribution in [0.25, 0.3) is 6.08 Å². The number of carbonyl (C=O) groups excluding carboxylic acids is 1. The van der Waals surface area contributed by atoms with E-state index < -0.39 is 0 Å². The second-order valence-electron chi connectivity index (χ2n) is 7.13. The normalized spacial score (nSPS) is 16.3. The van der Waals surface area contributed by atoms with E-state index in [0.29, 0.717) is 11.6 Å². The van der Waals surface area contributed by atoms with E-state index in [4.69, 9.17) is 0 Å². The third kappa shape index (κ3) is 5.63. The fraction of sp³-hybridized carbons (Fsp3) is 0.409. The number of anilines is 1. The van der Waals surface area contributed by atoms with Crippen molar-refractivity contribution in [1.82, 2.24) is 20.2 Å². The summed E-state index contributed by atoms with van der Waals surface area (Å²) in [6.45, 7) is 8.58. The van der Waals surface area contributed by atoms with Gasteiger partial charge in [-0.25, -0.2) is 9.97 Å². The largest absolute Gasteiger partial charge is 0.348 e. The third-order valence-electron chi connectivity index (χ3n) is 4.99. The van der Waals surface area contributed by atoms with Crippen molar-refractivity contribution in [3.8, 4) is 0 Å². The number of hydrogen-bond acceptors (Lipinski definition) is 5. The van der Waals surface area contributed by atoms with Crippen LogP contribution in [0.3, 0.4) is 0 Å². The summed E-state index contributed by atoms with van der Waals surface area (Å²) in [5.74, 6) is 0.499. The molecule has 2 heterocycles. The maximum absolute atomic E-state index is 12.3. The van der Waals surface area contributed by atoms with Gasteiger partial charge in [-0.1, -0.05) is 49.4 Å². The lowest BCUT2D eigenvalue weighted by Crippen LogP contribution is -2.47. The van der Waals surface area contributed by atoms with E-state index in [2.05, 4.69) is 61.5 Å². The van der Waals surface area contributed by atoms with E-state index in [0.717, 1.165) is 39.1 Å². The first kappa shape index (κ1) is 20.0. The van der Waals surface area contributed by atoms with Crippen LogP contribution in [0.2, 0.25) is 0 Å². The summed E-state index contributed by atoms with van der Waals surface area (Å²) in [6, 6.07) is 12.2. The smallest absolute Gasteiger partial charge is 0.270 e. The van der Waals surface area contributed by atoms with Crippen LogP contribution in [0.5, 0.6) is 0 Å². The van der Waals surface area contributed by atoms with Crippen molar-refractivity contribution in [2.75, 3.05) is 37.6 Å². The lowest BCUT2D eigenvalue weighted by molar-refractivity contribution is 0.0934. The number of amides is 1. The fourth-order valence-corrected chi connectivity index (χ4v) is 3.06. The van der Waals surface area contributed by atoms with Crippen molar-refractivity contribution in [3.63, 3.8) is 0 Å². The molecule has 0 radical (unpaired) electrons. The molecule has 1 amide bonds. The van der Waals surface area contributed by atoms with Gasteiger partial charge >= 0.3 is 0 Å². The lowest BCUT2D eigenvalue weighted by atomic mass is 10.2. The average Bonchev–Trinajstić information content (AvgIpc) is 2.75. The van der Waals surface area contributed by atoms with E-state index in [1.807, 2.05) is 19.9 Å². The van der Waals surface area contributed by atoms with Crippen molar-refractivity contribution in [2.24, 2.45) is 0 Å². The van der Waals surface area contributed by atoms with Crippen LogP contribution in [-0.4, -0.2) is 59.5 Å². The fourth-order valence-electron chi connectivity index (χ4n) is 3.06. The molecule has 148 valence electrons. The predicted molar refractivity (Wildman–Crippen MR) is 113 cm³/mol. The minimum absolute atomic E-state index is 0.136. The Morgan fingerprint density at radius 3 is 2.64 bits per heavy atom. The summed E-state index contributed by atoms with van der Waals surface area (Å²) in [5, 5.41) is 2.96. The van der Waals surface area contributed by atoms with Crippen LogP contribution in [0.1, 0.15) is 36.3 Å². The topological polar surface area (TPSA) is 61.4 Å². The van der Waals surface area contributed by atoms with Crippen molar-refractivity contribution in [2.45, 2.75) is 26.3 Å². The molecule has 6 heteroatoms. The van der Waals surface area contributed by atoms with Gasteiger partial charge < -0.3 is 10.2 Å². The Morgan fingerprint density at radius 1 is 1.18 bits per heavy atom. The van der Waals surface area contributed by atoms with Gasteiger partial charge in [-0.3, -0.25) is 9.69 Å². The maximum atomic E-state index is 12.3. The molecule has 1 aromatic heterocycles. The van der Waals surface area contributed by atoms with Crippen LogP contribution in [0.15, 0.2) is 48.7 Å². The first-order valence-corrected chi connectivity index (χ1v) is 9.98. The molecule has 0 saturated carbocycles. The minimum atomic E-state index is -0.136. The molecule has 1 atom stereocenters. The molecule has 2 aromatic rings. The molecule has 0 spiro atoms. The highest BCUT2D eigenvalue weighted by Crippen LogP contribution is 2.12. The van der Waals surface area contributed by atoms with Gasteiger partial charge in [0.05, 0.1) is 0 Å². The molecule has 28 heavy (non-hydrogen) atoms. The number of rotatable bonds is 7. The Bertz CT molecular complexity index is 785. The molecule has 1 saturated heterocycles. The molecule has 1 unspecified atom stereocenters. The Hall–Kier alpha value is -2.73. The molecule has 1 aliphatic heterocycles. The highest BCUT2D eigenvalue weighted by atomic mass is 16.1. The van der Waals surface area contributed by atoms with Gasteiger partial charge in [0, 0.05) is 45.0 Å². The number of nitrogens with one attached hydrogen (secondary N) is 1. The molecule has 1 fully saturated rings. The van der Waals surface area contributed by atoms with E-state index in [1.54, 1.807) is 12.3 Å². The van der Waals surface area contributed by atoms with Gasteiger partial charge in [-0.2, -0.15) is 0 Å². The molecule has 0 aliphatic carbocycles. The Labute approximate surface area is 167 Å². The number of piperazine rings is 1. The number of benzene rings is 1. The van der Waals surface area contributed by atoms with E-state index in [1.165, 1.54) is 5.56 Å². The van der Waals surface area contributed by atoms with Gasteiger partial charge in [-0.05, 0) is 25.0 Å². The summed E-state index contributed by atoms with van der Waals surface area (Å²) >= 11 is 0. The molecule has 1 aliphatic rings. The van der Waals surface area contributed by atoms with Crippen molar-refractivity contribution in [3.05, 3.63) is 59.9 Å². The Balaban J connectivity index is 1.51. The summed E-state index contributed by atoms with van der Waals surface area (Å²) < 4.78 is 0. The molecular weight excluding hydrogens is 350 g/mol. The molecule has 6 nitrogen and oxygen atoms in total. The van der Waals surface area contributed by atoms with E-state index in [-0.39, 0.29) is 11.9 Å². The minimum Gasteiger partial charge on any atom is -0.348 e.